The van der Waals surface area contributed by atoms with Crippen molar-refractivity contribution in [3.8, 4) is 0 Å². The van der Waals surface area contributed by atoms with Crippen LogP contribution in [-0.2, 0) is 9.47 Å². The van der Waals surface area contributed by atoms with Gasteiger partial charge >= 0.3 is 0 Å². The highest BCUT2D eigenvalue weighted by atomic mass is 16.5. The molecule has 54 valence electrons. The highest BCUT2D eigenvalue weighted by Gasteiger charge is 2.21. The second-order valence-electron chi connectivity index (χ2n) is 2.75. The van der Waals surface area contributed by atoms with E-state index in [1.165, 1.54) is 0 Å². The molecular formula is C7H14O2. The van der Waals surface area contributed by atoms with Crippen molar-refractivity contribution < 1.29 is 9.47 Å². The predicted octanol–water partition coefficient (Wildman–Crippen LogP) is 1.06. The van der Waals surface area contributed by atoms with E-state index in [1.54, 1.807) is 7.11 Å². The van der Waals surface area contributed by atoms with Gasteiger partial charge in [0.25, 0.3) is 0 Å². The first-order valence-electron chi connectivity index (χ1n) is 3.43. The van der Waals surface area contributed by atoms with Crippen LogP contribution in [0.1, 0.15) is 13.3 Å². The van der Waals surface area contributed by atoms with Crippen molar-refractivity contribution in [1.82, 2.24) is 0 Å². The zero-order valence-electron chi connectivity index (χ0n) is 6.09. The molecule has 0 saturated carbocycles. The van der Waals surface area contributed by atoms with E-state index in [0.717, 1.165) is 25.6 Å². The van der Waals surface area contributed by atoms with Crippen LogP contribution < -0.4 is 0 Å². The molecule has 1 rings (SSSR count). The summed E-state index contributed by atoms with van der Waals surface area (Å²) in [4.78, 5) is 0. The molecule has 0 amide bonds. The third-order valence-corrected chi connectivity index (χ3v) is 1.63. The SMILES string of the molecule is COC[C@@H]1C[C@@H](C)CO1. The molecule has 2 atom stereocenters. The van der Waals surface area contributed by atoms with Gasteiger partial charge in [0.15, 0.2) is 0 Å². The van der Waals surface area contributed by atoms with Gasteiger partial charge in [-0.05, 0) is 12.3 Å². The Hall–Kier alpha value is -0.0800. The Labute approximate surface area is 56.2 Å². The molecule has 2 nitrogen and oxygen atoms in total. The maximum atomic E-state index is 5.38. The van der Waals surface area contributed by atoms with Gasteiger partial charge in [-0.25, -0.2) is 0 Å². The van der Waals surface area contributed by atoms with Crippen molar-refractivity contribution in [1.29, 1.82) is 0 Å². The van der Waals surface area contributed by atoms with Crippen LogP contribution >= 0.6 is 0 Å². The Bertz CT molecular complexity index is 81.0. The second kappa shape index (κ2) is 3.18. The maximum absolute atomic E-state index is 5.38. The van der Waals surface area contributed by atoms with E-state index in [-0.39, 0.29) is 0 Å². The molecule has 1 aliphatic heterocycles. The predicted molar refractivity (Wildman–Crippen MR) is 35.4 cm³/mol. The highest BCUT2D eigenvalue weighted by molar-refractivity contribution is 4.69. The molecule has 0 N–H and O–H groups in total. The lowest BCUT2D eigenvalue weighted by Crippen LogP contribution is -2.12. The normalized spacial score (nSPS) is 35.3. The summed E-state index contributed by atoms with van der Waals surface area (Å²) in [5.74, 6) is 0.727. The Morgan fingerprint density at radius 3 is 2.89 bits per heavy atom. The molecule has 1 saturated heterocycles. The van der Waals surface area contributed by atoms with E-state index >= 15 is 0 Å². The standard InChI is InChI=1S/C7H14O2/c1-6-3-7(5-8-2)9-4-6/h6-7H,3-5H2,1-2H3/t6-,7+/m1/s1. The van der Waals surface area contributed by atoms with Crippen molar-refractivity contribution >= 4 is 0 Å². The van der Waals surface area contributed by atoms with E-state index in [9.17, 15) is 0 Å². The first-order valence-corrected chi connectivity index (χ1v) is 3.43. The Balaban J connectivity index is 2.14. The van der Waals surface area contributed by atoms with E-state index in [4.69, 9.17) is 9.47 Å². The Morgan fingerprint density at radius 1 is 1.67 bits per heavy atom. The monoisotopic (exact) mass is 130 g/mol. The van der Waals surface area contributed by atoms with Crippen LogP contribution in [0.4, 0.5) is 0 Å². The number of rotatable bonds is 2. The molecule has 9 heavy (non-hydrogen) atoms. The lowest BCUT2D eigenvalue weighted by Gasteiger charge is -2.05. The summed E-state index contributed by atoms with van der Waals surface area (Å²) >= 11 is 0. The lowest BCUT2D eigenvalue weighted by molar-refractivity contribution is 0.0371. The molecule has 0 unspecified atom stereocenters. The maximum Gasteiger partial charge on any atom is 0.0811 e. The smallest absolute Gasteiger partial charge is 0.0811 e. The topological polar surface area (TPSA) is 18.5 Å². The number of ether oxygens (including phenoxy) is 2. The summed E-state index contributed by atoms with van der Waals surface area (Å²) in [7, 11) is 1.71. The van der Waals surface area contributed by atoms with Crippen molar-refractivity contribution in [3.63, 3.8) is 0 Å². The molecule has 0 aliphatic carbocycles. The molecule has 0 radical (unpaired) electrons. The molecule has 0 bridgehead atoms. The first kappa shape index (κ1) is 7.03. The molecule has 1 aliphatic rings. The minimum atomic E-state index is 0.366. The van der Waals surface area contributed by atoms with Crippen molar-refractivity contribution in [2.24, 2.45) is 5.92 Å². The minimum absolute atomic E-state index is 0.366. The molecule has 0 aromatic heterocycles. The zero-order valence-corrected chi connectivity index (χ0v) is 6.09. The molecule has 2 heteroatoms. The average molecular weight is 130 g/mol. The third kappa shape index (κ3) is 1.95. The molecular weight excluding hydrogens is 116 g/mol. The summed E-state index contributed by atoms with van der Waals surface area (Å²) in [6.45, 7) is 3.87. The average Bonchev–Trinajstić information content (AvgIpc) is 2.17. The molecule has 1 heterocycles. The molecule has 1 fully saturated rings. The fraction of sp³-hybridized carbons (Fsp3) is 1.00. The minimum Gasteiger partial charge on any atom is -0.382 e. The van der Waals surface area contributed by atoms with Crippen LogP contribution in [0, 0.1) is 5.92 Å². The van der Waals surface area contributed by atoms with Gasteiger partial charge in [0, 0.05) is 13.7 Å². The van der Waals surface area contributed by atoms with E-state index in [0.29, 0.717) is 6.10 Å². The Kier molecular flexibility index (Phi) is 2.49. The van der Waals surface area contributed by atoms with Crippen molar-refractivity contribution in [2.75, 3.05) is 20.3 Å². The van der Waals surface area contributed by atoms with Gasteiger partial charge in [0.05, 0.1) is 12.7 Å². The third-order valence-electron chi connectivity index (χ3n) is 1.63. The van der Waals surface area contributed by atoms with Crippen molar-refractivity contribution in [3.05, 3.63) is 0 Å². The van der Waals surface area contributed by atoms with Crippen LogP contribution in [0.25, 0.3) is 0 Å². The number of methoxy groups -OCH3 is 1. The van der Waals surface area contributed by atoms with Crippen molar-refractivity contribution in [2.45, 2.75) is 19.4 Å². The van der Waals surface area contributed by atoms with Gasteiger partial charge in [-0.15, -0.1) is 0 Å². The van der Waals surface area contributed by atoms with Crippen LogP contribution in [-0.4, -0.2) is 26.4 Å². The largest absolute Gasteiger partial charge is 0.382 e. The lowest BCUT2D eigenvalue weighted by atomic mass is 10.1. The zero-order chi connectivity index (χ0) is 6.69. The van der Waals surface area contributed by atoms with E-state index in [2.05, 4.69) is 6.92 Å². The van der Waals surface area contributed by atoms with Crippen LogP contribution in [0.15, 0.2) is 0 Å². The fourth-order valence-electron chi connectivity index (χ4n) is 1.19. The van der Waals surface area contributed by atoms with Gasteiger partial charge in [-0.2, -0.15) is 0 Å². The molecule has 0 aromatic rings. The van der Waals surface area contributed by atoms with Gasteiger partial charge < -0.3 is 9.47 Å². The van der Waals surface area contributed by atoms with Crippen LogP contribution in [0.3, 0.4) is 0 Å². The summed E-state index contributed by atoms with van der Waals surface area (Å²) in [5.41, 5.74) is 0. The van der Waals surface area contributed by atoms with Gasteiger partial charge in [0.1, 0.15) is 0 Å². The Morgan fingerprint density at radius 2 is 2.44 bits per heavy atom. The van der Waals surface area contributed by atoms with Gasteiger partial charge in [-0.3, -0.25) is 0 Å². The van der Waals surface area contributed by atoms with Gasteiger partial charge in [0.2, 0.25) is 0 Å². The highest BCUT2D eigenvalue weighted by Crippen LogP contribution is 2.18. The molecule has 0 aromatic carbocycles. The summed E-state index contributed by atoms with van der Waals surface area (Å²) in [5, 5.41) is 0. The summed E-state index contributed by atoms with van der Waals surface area (Å²) in [6, 6.07) is 0. The summed E-state index contributed by atoms with van der Waals surface area (Å²) < 4.78 is 10.3. The van der Waals surface area contributed by atoms with Crippen LogP contribution in [0.5, 0.6) is 0 Å². The quantitative estimate of drug-likeness (QED) is 0.556. The first-order chi connectivity index (χ1) is 4.33. The number of hydrogen-bond donors (Lipinski definition) is 0. The molecule has 0 spiro atoms. The van der Waals surface area contributed by atoms with Gasteiger partial charge in [-0.1, -0.05) is 6.92 Å². The van der Waals surface area contributed by atoms with E-state index in [1.807, 2.05) is 0 Å². The van der Waals surface area contributed by atoms with Crippen LogP contribution in [0.2, 0.25) is 0 Å². The fourth-order valence-corrected chi connectivity index (χ4v) is 1.19. The number of hydrogen-bond acceptors (Lipinski definition) is 2. The van der Waals surface area contributed by atoms with E-state index < -0.39 is 0 Å². The second-order valence-corrected chi connectivity index (χ2v) is 2.75. The summed E-state index contributed by atoms with van der Waals surface area (Å²) in [6.07, 6.45) is 1.53.